The van der Waals surface area contributed by atoms with E-state index in [1.807, 2.05) is 62.1 Å². The van der Waals surface area contributed by atoms with Gasteiger partial charge in [0.2, 0.25) is 0 Å². The minimum atomic E-state index is -0.623. The molecule has 2 aliphatic heterocycles. The molecule has 0 radical (unpaired) electrons. The average Bonchev–Trinajstić information content (AvgIpc) is 2.82. The number of nitrogens with one attached hydrogen (secondary N) is 1. The van der Waals surface area contributed by atoms with Gasteiger partial charge in [-0.15, -0.1) is 0 Å². The van der Waals surface area contributed by atoms with Gasteiger partial charge in [-0.25, -0.2) is 4.79 Å². The zero-order valence-electron chi connectivity index (χ0n) is 20.9. The van der Waals surface area contributed by atoms with Crippen LogP contribution in [0.4, 0.5) is 4.79 Å². The quantitative estimate of drug-likeness (QED) is 0.445. The van der Waals surface area contributed by atoms with Crippen LogP contribution in [0, 0.1) is 16.7 Å². The molecule has 0 saturated carbocycles. The number of ether oxygens (including phenoxy) is 2. The van der Waals surface area contributed by atoms with Crippen LogP contribution < -0.4 is 5.73 Å². The highest BCUT2D eigenvalue weighted by Crippen LogP contribution is 2.37. The number of rotatable bonds is 3. The zero-order valence-corrected chi connectivity index (χ0v) is 21.6. The van der Waals surface area contributed by atoms with Crippen molar-refractivity contribution in [1.82, 2.24) is 9.80 Å². The van der Waals surface area contributed by atoms with Gasteiger partial charge >= 0.3 is 6.09 Å². The Hall–Kier alpha value is -3.28. The molecule has 190 valence electrons. The number of hydrogen-bond donors (Lipinski definition) is 2. The van der Waals surface area contributed by atoms with Crippen LogP contribution in [0.25, 0.3) is 10.8 Å². The van der Waals surface area contributed by atoms with Gasteiger partial charge in [-0.05, 0) is 37.8 Å². The predicted molar refractivity (Wildman–Crippen MR) is 140 cm³/mol. The van der Waals surface area contributed by atoms with Crippen molar-refractivity contribution in [3.63, 3.8) is 0 Å². The maximum Gasteiger partial charge on any atom is 0.410 e. The summed E-state index contributed by atoms with van der Waals surface area (Å²) in [6, 6.07) is 13.6. The zero-order chi connectivity index (χ0) is 26.0. The molecular weight excluding hydrogens is 478 g/mol. The third-order valence-electron chi connectivity index (χ3n) is 6.49. The van der Waals surface area contributed by atoms with Crippen LogP contribution in [0.2, 0.25) is 5.02 Å². The first-order valence-electron chi connectivity index (χ1n) is 12.1. The molecule has 1 saturated heterocycles. The molecule has 2 heterocycles. The summed E-state index contributed by atoms with van der Waals surface area (Å²) < 4.78 is 11.7. The van der Waals surface area contributed by atoms with Gasteiger partial charge in [0.15, 0.2) is 0 Å². The number of fused-ring (bicyclic) bond motifs is 1. The lowest BCUT2D eigenvalue weighted by Crippen LogP contribution is -2.57. The van der Waals surface area contributed by atoms with E-state index in [0.717, 1.165) is 16.3 Å². The molecule has 1 amide bonds. The van der Waals surface area contributed by atoms with Gasteiger partial charge in [0.05, 0.1) is 31.2 Å². The second-order valence-electron chi connectivity index (χ2n) is 10.2. The third kappa shape index (κ3) is 5.43. The first kappa shape index (κ1) is 25.8. The lowest BCUT2D eigenvalue weighted by Gasteiger charge is -2.42. The number of amides is 1. The molecular formula is C27H32ClN5O3. The van der Waals surface area contributed by atoms with E-state index in [9.17, 15) is 10.1 Å². The van der Waals surface area contributed by atoms with Crippen LogP contribution in [0.15, 0.2) is 47.7 Å². The van der Waals surface area contributed by atoms with E-state index in [1.165, 1.54) is 0 Å². The Labute approximate surface area is 216 Å². The van der Waals surface area contributed by atoms with Crippen molar-refractivity contribution < 1.29 is 14.3 Å². The van der Waals surface area contributed by atoms with E-state index >= 15 is 0 Å². The van der Waals surface area contributed by atoms with Crippen LogP contribution in [0.1, 0.15) is 45.3 Å². The monoisotopic (exact) mass is 509 g/mol. The Balaban J connectivity index is 1.49. The van der Waals surface area contributed by atoms with Gasteiger partial charge in [0.25, 0.3) is 0 Å². The molecule has 0 aromatic heterocycles. The van der Waals surface area contributed by atoms with Gasteiger partial charge in [-0.1, -0.05) is 41.9 Å². The third-order valence-corrected chi connectivity index (χ3v) is 6.81. The van der Waals surface area contributed by atoms with Crippen LogP contribution in [-0.4, -0.2) is 59.6 Å². The summed E-state index contributed by atoms with van der Waals surface area (Å²) >= 11 is 6.51. The van der Waals surface area contributed by atoms with Gasteiger partial charge in [-0.2, -0.15) is 5.26 Å². The largest absolute Gasteiger partial charge is 0.444 e. The molecule has 9 heteroatoms. The number of piperazine rings is 1. The summed E-state index contributed by atoms with van der Waals surface area (Å²) in [6.07, 6.45) is -0.106. The van der Waals surface area contributed by atoms with E-state index < -0.39 is 11.7 Å². The summed E-state index contributed by atoms with van der Waals surface area (Å²) in [5, 5.41) is 20.8. The molecule has 8 nitrogen and oxygen atoms in total. The Morgan fingerprint density at radius 3 is 2.67 bits per heavy atom. The molecule has 2 atom stereocenters. The van der Waals surface area contributed by atoms with Crippen LogP contribution in [0.5, 0.6) is 0 Å². The van der Waals surface area contributed by atoms with Crippen molar-refractivity contribution >= 4 is 34.3 Å². The number of nitrogens with zero attached hydrogens (tertiary/aromatic N) is 3. The molecule has 2 aromatic rings. The van der Waals surface area contributed by atoms with E-state index in [0.29, 0.717) is 42.3 Å². The molecule has 3 N–H and O–H groups in total. The van der Waals surface area contributed by atoms with Crippen LogP contribution >= 0.6 is 11.6 Å². The second-order valence-corrected chi connectivity index (χ2v) is 10.6. The average molecular weight is 510 g/mol. The topological polar surface area (TPSA) is 116 Å². The highest BCUT2D eigenvalue weighted by atomic mass is 35.5. The van der Waals surface area contributed by atoms with Crippen molar-refractivity contribution in [2.75, 3.05) is 26.2 Å². The van der Waals surface area contributed by atoms with Crippen molar-refractivity contribution in [3.8, 4) is 6.07 Å². The number of nitrogens with two attached hydrogens (primary N) is 1. The van der Waals surface area contributed by atoms with Crippen molar-refractivity contribution in [2.24, 2.45) is 5.73 Å². The molecule has 2 aliphatic rings. The molecule has 4 rings (SSSR count). The summed E-state index contributed by atoms with van der Waals surface area (Å²) in [4.78, 5) is 16.1. The van der Waals surface area contributed by atoms with Gasteiger partial charge in [-0.3, -0.25) is 5.41 Å². The molecule has 0 spiro atoms. The van der Waals surface area contributed by atoms with E-state index in [1.54, 1.807) is 4.90 Å². The minimum absolute atomic E-state index is 0.151. The normalized spacial score (nSPS) is 20.9. The molecule has 0 bridgehead atoms. The van der Waals surface area contributed by atoms with Crippen molar-refractivity contribution in [3.05, 3.63) is 58.3 Å². The molecule has 2 aromatic carbocycles. The fourth-order valence-corrected chi connectivity index (χ4v) is 5.05. The molecule has 0 aliphatic carbocycles. The number of benzene rings is 2. The summed E-state index contributed by atoms with van der Waals surface area (Å²) in [5.41, 5.74) is 8.09. The van der Waals surface area contributed by atoms with E-state index in [4.69, 9.17) is 32.2 Å². The maximum atomic E-state index is 12.7. The number of carbonyl (C=O) groups is 1. The lowest BCUT2D eigenvalue weighted by atomic mass is 9.94. The number of carbonyl (C=O) groups excluding carboxylic acids is 1. The van der Waals surface area contributed by atoms with E-state index in [-0.39, 0.29) is 31.0 Å². The first-order chi connectivity index (χ1) is 17.1. The SMILES string of the molecule is CC(C)(C)OC(=O)N1CCN(C(=N)C2=C(N)CC(c3cccc4cccc(Cl)c34)OC2)C[C@@H]1CC#N. The lowest BCUT2D eigenvalue weighted by molar-refractivity contribution is 0.00554. The highest BCUT2D eigenvalue weighted by molar-refractivity contribution is 6.35. The first-order valence-corrected chi connectivity index (χ1v) is 12.4. The van der Waals surface area contributed by atoms with Gasteiger partial charge in [0, 0.05) is 47.7 Å². The van der Waals surface area contributed by atoms with Gasteiger partial charge < -0.3 is 25.0 Å². The molecule has 36 heavy (non-hydrogen) atoms. The molecule has 1 unspecified atom stereocenters. The van der Waals surface area contributed by atoms with Crippen molar-refractivity contribution in [2.45, 2.75) is 51.4 Å². The number of amidine groups is 1. The minimum Gasteiger partial charge on any atom is -0.444 e. The van der Waals surface area contributed by atoms with Crippen LogP contribution in [0.3, 0.4) is 0 Å². The summed E-state index contributed by atoms with van der Waals surface area (Å²) in [7, 11) is 0. The fraction of sp³-hybridized carbons (Fsp3) is 0.444. The molecule has 1 fully saturated rings. The van der Waals surface area contributed by atoms with Crippen LogP contribution in [-0.2, 0) is 9.47 Å². The fourth-order valence-electron chi connectivity index (χ4n) is 4.76. The predicted octanol–water partition coefficient (Wildman–Crippen LogP) is 4.98. The Kier molecular flexibility index (Phi) is 7.43. The van der Waals surface area contributed by atoms with Gasteiger partial charge in [0.1, 0.15) is 11.4 Å². The Morgan fingerprint density at radius 1 is 1.28 bits per heavy atom. The maximum absolute atomic E-state index is 12.7. The van der Waals surface area contributed by atoms with Crippen molar-refractivity contribution in [1.29, 1.82) is 10.7 Å². The Bertz CT molecular complexity index is 1240. The smallest absolute Gasteiger partial charge is 0.410 e. The Morgan fingerprint density at radius 2 is 2.00 bits per heavy atom. The highest BCUT2D eigenvalue weighted by Gasteiger charge is 2.36. The number of nitriles is 1. The summed E-state index contributed by atoms with van der Waals surface area (Å²) in [5.74, 6) is 0.272. The second kappa shape index (κ2) is 10.4. The van der Waals surface area contributed by atoms with E-state index in [2.05, 4.69) is 6.07 Å². The summed E-state index contributed by atoms with van der Waals surface area (Å²) in [6.45, 7) is 6.79. The number of hydrogen-bond acceptors (Lipinski definition) is 6. The standard InChI is InChI=1S/C27H32ClN5O3/c1-27(2,3)36-26(34)33-13-12-32(15-18(33)10-11-29)25(31)20-16-35-23(14-22(20)30)19-8-4-6-17-7-5-9-21(28)24(17)19/h4-9,18,23,31H,10,12-16,30H2,1-3H3/t18-,23?/m0/s1. The number of halogens is 1.